The van der Waals surface area contributed by atoms with Gasteiger partial charge in [0, 0.05) is 11.9 Å². The molecule has 1 aromatic carbocycles. The molecule has 0 atom stereocenters. The standard InChI is InChI=1S/C23H31FN2O4S/c1-4-23(2,3)21(28)30-22-26-19(16-31-22)8-6-5-7-13-25-20(27)15-29-14-17-9-11-18(24)12-10-17/h9-12,16H,4-8,13-15H2,1-3H3,(H,25,27). The minimum atomic E-state index is -0.512. The molecule has 8 heteroatoms. The van der Waals surface area contributed by atoms with Gasteiger partial charge in [0.05, 0.1) is 17.7 Å². The van der Waals surface area contributed by atoms with Crippen LogP contribution in [0.25, 0.3) is 0 Å². The van der Waals surface area contributed by atoms with Gasteiger partial charge in [-0.3, -0.25) is 9.59 Å². The number of esters is 1. The monoisotopic (exact) mass is 450 g/mol. The van der Waals surface area contributed by atoms with Gasteiger partial charge < -0.3 is 14.8 Å². The van der Waals surface area contributed by atoms with E-state index in [-0.39, 0.29) is 30.9 Å². The van der Waals surface area contributed by atoms with Crippen molar-refractivity contribution in [3.05, 3.63) is 46.7 Å². The molecule has 0 saturated carbocycles. The molecule has 0 aliphatic carbocycles. The van der Waals surface area contributed by atoms with Crippen molar-refractivity contribution in [1.29, 1.82) is 0 Å². The zero-order chi connectivity index (χ0) is 22.7. The predicted molar refractivity (Wildman–Crippen MR) is 118 cm³/mol. The summed E-state index contributed by atoms with van der Waals surface area (Å²) in [5, 5.41) is 5.14. The van der Waals surface area contributed by atoms with Crippen molar-refractivity contribution in [1.82, 2.24) is 10.3 Å². The summed E-state index contributed by atoms with van der Waals surface area (Å²) in [4.78, 5) is 28.3. The zero-order valence-corrected chi connectivity index (χ0v) is 19.2. The highest BCUT2D eigenvalue weighted by atomic mass is 32.1. The van der Waals surface area contributed by atoms with E-state index in [1.54, 1.807) is 12.1 Å². The summed E-state index contributed by atoms with van der Waals surface area (Å²) in [7, 11) is 0. The molecule has 1 amide bonds. The second kappa shape index (κ2) is 12.5. The van der Waals surface area contributed by atoms with Crippen molar-refractivity contribution in [2.45, 2.75) is 59.5 Å². The highest BCUT2D eigenvalue weighted by Crippen LogP contribution is 2.26. The molecule has 170 valence electrons. The number of benzene rings is 1. The normalized spacial score (nSPS) is 11.4. The van der Waals surface area contributed by atoms with Crippen LogP contribution in [-0.4, -0.2) is 30.0 Å². The number of nitrogens with zero attached hydrogens (tertiary/aromatic N) is 1. The molecule has 0 radical (unpaired) electrons. The molecular formula is C23H31FN2O4S. The van der Waals surface area contributed by atoms with Crippen molar-refractivity contribution < 1.29 is 23.5 Å². The fourth-order valence-corrected chi connectivity index (χ4v) is 3.24. The van der Waals surface area contributed by atoms with Crippen LogP contribution < -0.4 is 10.1 Å². The SMILES string of the molecule is CCC(C)(C)C(=O)Oc1nc(CCCCCNC(=O)COCc2ccc(F)cc2)cs1. The van der Waals surface area contributed by atoms with E-state index in [0.717, 1.165) is 36.9 Å². The topological polar surface area (TPSA) is 77.5 Å². The first-order valence-electron chi connectivity index (χ1n) is 10.6. The quantitative estimate of drug-likeness (QED) is 0.354. The second-order valence-corrected chi connectivity index (χ2v) is 8.83. The van der Waals surface area contributed by atoms with E-state index in [4.69, 9.17) is 9.47 Å². The average Bonchev–Trinajstić information content (AvgIpc) is 3.19. The van der Waals surface area contributed by atoms with E-state index >= 15 is 0 Å². The van der Waals surface area contributed by atoms with Crippen molar-refractivity contribution in [2.75, 3.05) is 13.2 Å². The van der Waals surface area contributed by atoms with Gasteiger partial charge in [0.25, 0.3) is 5.19 Å². The first-order valence-corrected chi connectivity index (χ1v) is 11.4. The second-order valence-electron chi connectivity index (χ2n) is 8.01. The van der Waals surface area contributed by atoms with E-state index in [1.165, 1.54) is 23.5 Å². The average molecular weight is 451 g/mol. The highest BCUT2D eigenvalue weighted by molar-refractivity contribution is 7.11. The van der Waals surface area contributed by atoms with E-state index in [0.29, 0.717) is 18.2 Å². The number of carbonyl (C=O) groups excluding carboxylic acids is 2. The van der Waals surface area contributed by atoms with Crippen LogP contribution in [0.4, 0.5) is 4.39 Å². The summed E-state index contributed by atoms with van der Waals surface area (Å²) in [6.45, 7) is 6.52. The summed E-state index contributed by atoms with van der Waals surface area (Å²) < 4.78 is 23.6. The molecular weight excluding hydrogens is 419 g/mol. The molecule has 0 fully saturated rings. The Balaban J connectivity index is 1.53. The van der Waals surface area contributed by atoms with E-state index in [1.807, 2.05) is 26.2 Å². The van der Waals surface area contributed by atoms with Crippen LogP contribution in [0, 0.1) is 11.2 Å². The van der Waals surface area contributed by atoms with Crippen LogP contribution in [0.1, 0.15) is 57.7 Å². The fraction of sp³-hybridized carbons (Fsp3) is 0.522. The van der Waals surface area contributed by atoms with Crippen LogP contribution in [-0.2, 0) is 27.4 Å². The third kappa shape index (κ3) is 9.14. The number of ether oxygens (including phenoxy) is 2. The number of halogens is 1. The lowest BCUT2D eigenvalue weighted by atomic mass is 9.91. The summed E-state index contributed by atoms with van der Waals surface area (Å²) in [5.41, 5.74) is 1.23. The number of aromatic nitrogens is 1. The lowest BCUT2D eigenvalue weighted by Gasteiger charge is -2.18. The minimum absolute atomic E-state index is 0.0213. The number of hydrogen-bond donors (Lipinski definition) is 1. The van der Waals surface area contributed by atoms with Gasteiger partial charge in [-0.1, -0.05) is 36.8 Å². The molecule has 0 spiro atoms. The molecule has 2 rings (SSSR count). The summed E-state index contributed by atoms with van der Waals surface area (Å²) in [5.74, 6) is -0.715. The van der Waals surface area contributed by atoms with Gasteiger partial charge in [-0.2, -0.15) is 0 Å². The zero-order valence-electron chi connectivity index (χ0n) is 18.4. The predicted octanol–water partition coefficient (Wildman–Crippen LogP) is 4.67. The molecule has 2 aromatic rings. The third-order valence-corrected chi connectivity index (χ3v) is 5.76. The molecule has 1 aromatic heterocycles. The lowest BCUT2D eigenvalue weighted by Crippen LogP contribution is -2.28. The number of rotatable bonds is 13. The Hall–Kier alpha value is -2.32. The first kappa shape index (κ1) is 24.9. The highest BCUT2D eigenvalue weighted by Gasteiger charge is 2.28. The van der Waals surface area contributed by atoms with Gasteiger partial charge >= 0.3 is 5.97 Å². The van der Waals surface area contributed by atoms with Gasteiger partial charge in [0.15, 0.2) is 0 Å². The number of nitrogens with one attached hydrogen (secondary N) is 1. The van der Waals surface area contributed by atoms with Crippen LogP contribution >= 0.6 is 11.3 Å². The molecule has 0 aliphatic heterocycles. The molecule has 1 heterocycles. The van der Waals surface area contributed by atoms with Crippen LogP contribution in [0.15, 0.2) is 29.6 Å². The number of amides is 1. The maximum atomic E-state index is 12.8. The van der Waals surface area contributed by atoms with Crippen LogP contribution in [0.2, 0.25) is 0 Å². The Morgan fingerprint density at radius 2 is 1.90 bits per heavy atom. The van der Waals surface area contributed by atoms with Gasteiger partial charge in [0.2, 0.25) is 5.91 Å². The van der Waals surface area contributed by atoms with Gasteiger partial charge in [0.1, 0.15) is 12.4 Å². The van der Waals surface area contributed by atoms with Crippen molar-refractivity contribution >= 4 is 23.2 Å². The molecule has 6 nitrogen and oxygen atoms in total. The van der Waals surface area contributed by atoms with E-state index in [9.17, 15) is 14.0 Å². The number of carbonyl (C=O) groups is 2. The Bertz CT molecular complexity index is 836. The number of thiazole rings is 1. The Kier molecular flexibility index (Phi) is 10.1. The minimum Gasteiger partial charge on any atom is -0.397 e. The smallest absolute Gasteiger partial charge is 0.318 e. The van der Waals surface area contributed by atoms with Crippen molar-refractivity contribution in [3.63, 3.8) is 0 Å². The van der Waals surface area contributed by atoms with E-state index < -0.39 is 5.41 Å². The summed E-state index contributed by atoms with van der Waals surface area (Å²) in [6, 6.07) is 6.00. The number of unbranched alkanes of at least 4 members (excludes halogenated alkanes) is 2. The number of hydrogen-bond acceptors (Lipinski definition) is 6. The van der Waals surface area contributed by atoms with Gasteiger partial charge in [-0.25, -0.2) is 9.37 Å². The molecule has 31 heavy (non-hydrogen) atoms. The third-order valence-electron chi connectivity index (χ3n) is 4.99. The van der Waals surface area contributed by atoms with Crippen LogP contribution in [0.5, 0.6) is 5.19 Å². The molecule has 0 aliphatic rings. The summed E-state index contributed by atoms with van der Waals surface area (Å²) >= 11 is 1.34. The van der Waals surface area contributed by atoms with Crippen molar-refractivity contribution in [2.24, 2.45) is 5.41 Å². The Morgan fingerprint density at radius 1 is 1.16 bits per heavy atom. The van der Waals surface area contributed by atoms with Gasteiger partial charge in [-0.15, -0.1) is 0 Å². The molecule has 0 bridgehead atoms. The molecule has 1 N–H and O–H groups in total. The number of aryl methyl sites for hydroxylation is 1. The first-order chi connectivity index (χ1) is 14.8. The maximum Gasteiger partial charge on any atom is 0.318 e. The Morgan fingerprint density at radius 3 is 2.61 bits per heavy atom. The lowest BCUT2D eigenvalue weighted by molar-refractivity contribution is -0.144. The fourth-order valence-electron chi connectivity index (χ4n) is 2.54. The summed E-state index contributed by atoms with van der Waals surface area (Å²) in [6.07, 6.45) is 4.27. The van der Waals surface area contributed by atoms with Gasteiger partial charge in [-0.05, 0) is 57.2 Å². The van der Waals surface area contributed by atoms with E-state index in [2.05, 4.69) is 10.3 Å². The van der Waals surface area contributed by atoms with Crippen molar-refractivity contribution in [3.8, 4) is 5.19 Å². The molecule has 0 unspecified atom stereocenters. The molecule has 0 saturated heterocycles. The Labute approximate surface area is 187 Å². The van der Waals surface area contributed by atoms with Crippen LogP contribution in [0.3, 0.4) is 0 Å². The largest absolute Gasteiger partial charge is 0.397 e. The maximum absolute atomic E-state index is 12.8.